The Labute approximate surface area is 133 Å². The van der Waals surface area contributed by atoms with Crippen molar-refractivity contribution >= 4 is 5.97 Å². The predicted octanol–water partition coefficient (Wildman–Crippen LogP) is 3.60. The molecule has 2 aromatic carbocycles. The van der Waals surface area contributed by atoms with Gasteiger partial charge in [0.2, 0.25) is 0 Å². The average Bonchev–Trinajstić information content (AvgIpc) is 2.90. The van der Waals surface area contributed by atoms with Gasteiger partial charge in [-0.15, -0.1) is 0 Å². The Morgan fingerprint density at radius 2 is 1.61 bits per heavy atom. The Bertz CT molecular complexity index is 880. The number of ether oxygens (including phenoxy) is 2. The van der Waals surface area contributed by atoms with Gasteiger partial charge in [0.1, 0.15) is 11.9 Å². The highest BCUT2D eigenvalue weighted by molar-refractivity contribution is 5.96. The van der Waals surface area contributed by atoms with Crippen LogP contribution >= 0.6 is 0 Å². The minimum Gasteiger partial charge on any atom is -0.485 e. The van der Waals surface area contributed by atoms with Gasteiger partial charge < -0.3 is 9.47 Å². The highest BCUT2D eigenvalue weighted by Crippen LogP contribution is 2.55. The fourth-order valence-corrected chi connectivity index (χ4v) is 3.96. The summed E-state index contributed by atoms with van der Waals surface area (Å²) in [6.07, 6.45) is 7.93. The summed E-state index contributed by atoms with van der Waals surface area (Å²) < 4.78 is 12.2. The number of hydrogen-bond donors (Lipinski definition) is 0. The van der Waals surface area contributed by atoms with Gasteiger partial charge in [-0.1, -0.05) is 54.6 Å². The molecule has 2 aliphatic heterocycles. The largest absolute Gasteiger partial charge is 0.485 e. The first-order valence-corrected chi connectivity index (χ1v) is 7.75. The van der Waals surface area contributed by atoms with E-state index in [1.165, 1.54) is 0 Å². The Morgan fingerprint density at radius 3 is 2.52 bits per heavy atom. The number of benzene rings is 2. The molecule has 3 nitrogen and oxygen atoms in total. The van der Waals surface area contributed by atoms with Gasteiger partial charge in [-0.3, -0.25) is 0 Å². The lowest BCUT2D eigenvalue weighted by Crippen LogP contribution is -2.48. The third-order valence-electron chi connectivity index (χ3n) is 4.90. The molecule has 5 rings (SSSR count). The molecule has 2 heterocycles. The molecule has 0 saturated carbocycles. The topological polar surface area (TPSA) is 35.5 Å². The molecule has 1 aliphatic carbocycles. The maximum atomic E-state index is 12.5. The summed E-state index contributed by atoms with van der Waals surface area (Å²) in [6, 6.07) is 15.5. The van der Waals surface area contributed by atoms with E-state index in [2.05, 4.69) is 6.08 Å². The highest BCUT2D eigenvalue weighted by atomic mass is 16.6. The molecule has 3 atom stereocenters. The Morgan fingerprint density at radius 1 is 0.870 bits per heavy atom. The van der Waals surface area contributed by atoms with Gasteiger partial charge in [0.25, 0.3) is 0 Å². The summed E-state index contributed by atoms with van der Waals surface area (Å²) in [6.45, 7) is 0. The van der Waals surface area contributed by atoms with E-state index >= 15 is 0 Å². The second kappa shape index (κ2) is 4.35. The summed E-state index contributed by atoms with van der Waals surface area (Å²) >= 11 is 0. The van der Waals surface area contributed by atoms with Crippen molar-refractivity contribution in [3.8, 4) is 5.75 Å². The van der Waals surface area contributed by atoms with Gasteiger partial charge in [0, 0.05) is 11.1 Å². The predicted molar refractivity (Wildman–Crippen MR) is 85.3 cm³/mol. The van der Waals surface area contributed by atoms with Crippen LogP contribution in [0.2, 0.25) is 0 Å². The van der Waals surface area contributed by atoms with Crippen molar-refractivity contribution in [1.82, 2.24) is 0 Å². The first kappa shape index (κ1) is 12.7. The van der Waals surface area contributed by atoms with Gasteiger partial charge in [0.15, 0.2) is 5.60 Å². The lowest BCUT2D eigenvalue weighted by molar-refractivity contribution is -0.0416. The average molecular weight is 302 g/mol. The number of carbonyl (C=O) groups is 1. The van der Waals surface area contributed by atoms with Crippen LogP contribution in [0.1, 0.15) is 21.5 Å². The summed E-state index contributed by atoms with van der Waals surface area (Å²) in [5, 5.41) is 0. The molecular weight excluding hydrogens is 288 g/mol. The molecule has 0 N–H and O–H groups in total. The summed E-state index contributed by atoms with van der Waals surface area (Å²) in [7, 11) is 0. The maximum Gasteiger partial charge on any atom is 0.339 e. The van der Waals surface area contributed by atoms with Crippen molar-refractivity contribution in [2.45, 2.75) is 11.7 Å². The number of rotatable bonds is 0. The molecule has 3 heteroatoms. The van der Waals surface area contributed by atoms with Crippen LogP contribution in [0.5, 0.6) is 5.75 Å². The van der Waals surface area contributed by atoms with Crippen LogP contribution in [0.4, 0.5) is 0 Å². The van der Waals surface area contributed by atoms with E-state index in [1.54, 1.807) is 0 Å². The number of allylic oxidation sites excluding steroid dienone is 2. The van der Waals surface area contributed by atoms with E-state index in [0.717, 1.165) is 16.9 Å². The molecule has 23 heavy (non-hydrogen) atoms. The molecule has 0 amide bonds. The summed E-state index contributed by atoms with van der Waals surface area (Å²) in [4.78, 5) is 12.5. The van der Waals surface area contributed by atoms with Crippen molar-refractivity contribution in [1.29, 1.82) is 0 Å². The number of hydrogen-bond acceptors (Lipinski definition) is 3. The van der Waals surface area contributed by atoms with Gasteiger partial charge in [-0.05, 0) is 18.2 Å². The van der Waals surface area contributed by atoms with E-state index in [9.17, 15) is 4.79 Å². The normalized spacial score (nSPS) is 29.5. The second-order valence-electron chi connectivity index (χ2n) is 6.04. The second-order valence-corrected chi connectivity index (χ2v) is 6.04. The third-order valence-corrected chi connectivity index (χ3v) is 4.90. The molecule has 0 bridgehead atoms. The number of carbonyl (C=O) groups excluding carboxylic acids is 1. The lowest BCUT2D eigenvalue weighted by Gasteiger charge is -2.44. The SMILES string of the molecule is O=C1OC2(c3ccccc3OC3C=CC=CC32)c2ccccc21. The molecule has 2 aromatic rings. The smallest absolute Gasteiger partial charge is 0.339 e. The Kier molecular flexibility index (Phi) is 2.41. The zero-order chi connectivity index (χ0) is 15.4. The van der Waals surface area contributed by atoms with E-state index in [0.29, 0.717) is 5.56 Å². The molecule has 0 radical (unpaired) electrons. The fraction of sp³-hybridized carbons (Fsp3) is 0.150. The molecular formula is C20H14O3. The standard InChI is InChI=1S/C20H14O3/c21-19-13-7-1-2-8-14(13)20(23-19)15-9-3-5-11-17(15)22-18-12-6-4-10-16(18)20/h1-12,15,17H. The van der Waals surface area contributed by atoms with Crippen molar-refractivity contribution in [2.24, 2.45) is 5.92 Å². The van der Waals surface area contributed by atoms with Gasteiger partial charge in [0.05, 0.1) is 11.5 Å². The molecule has 0 fully saturated rings. The van der Waals surface area contributed by atoms with Gasteiger partial charge in [-0.25, -0.2) is 4.79 Å². The van der Waals surface area contributed by atoms with Crippen molar-refractivity contribution in [3.05, 3.63) is 89.5 Å². The molecule has 3 aliphatic rings. The van der Waals surface area contributed by atoms with Gasteiger partial charge in [-0.2, -0.15) is 0 Å². The van der Waals surface area contributed by atoms with E-state index in [-0.39, 0.29) is 18.0 Å². The monoisotopic (exact) mass is 302 g/mol. The number of esters is 1. The van der Waals surface area contributed by atoms with Crippen LogP contribution in [-0.2, 0) is 10.3 Å². The van der Waals surface area contributed by atoms with Crippen LogP contribution in [0, 0.1) is 5.92 Å². The van der Waals surface area contributed by atoms with E-state index in [4.69, 9.17) is 9.47 Å². The maximum absolute atomic E-state index is 12.5. The Hall–Kier alpha value is -2.81. The summed E-state index contributed by atoms with van der Waals surface area (Å²) in [5.41, 5.74) is 1.68. The van der Waals surface area contributed by atoms with Crippen LogP contribution < -0.4 is 4.74 Å². The van der Waals surface area contributed by atoms with Crippen molar-refractivity contribution < 1.29 is 14.3 Å². The number of fused-ring (bicyclic) bond motifs is 6. The zero-order valence-corrected chi connectivity index (χ0v) is 12.3. The van der Waals surface area contributed by atoms with Crippen molar-refractivity contribution in [3.63, 3.8) is 0 Å². The first-order valence-electron chi connectivity index (χ1n) is 7.75. The molecule has 112 valence electrons. The number of para-hydroxylation sites is 1. The molecule has 0 aromatic heterocycles. The first-order chi connectivity index (χ1) is 11.3. The van der Waals surface area contributed by atoms with E-state index < -0.39 is 5.60 Å². The molecule has 3 unspecified atom stereocenters. The fourth-order valence-electron chi connectivity index (χ4n) is 3.96. The quantitative estimate of drug-likeness (QED) is 0.697. The Balaban J connectivity index is 1.86. The third kappa shape index (κ3) is 1.51. The van der Waals surface area contributed by atoms with Gasteiger partial charge >= 0.3 is 5.97 Å². The minimum atomic E-state index is -0.811. The van der Waals surface area contributed by atoms with Crippen LogP contribution in [0.25, 0.3) is 0 Å². The lowest BCUT2D eigenvalue weighted by atomic mass is 9.70. The highest BCUT2D eigenvalue weighted by Gasteiger charge is 2.57. The molecule has 0 saturated heterocycles. The van der Waals surface area contributed by atoms with E-state index in [1.807, 2.05) is 66.8 Å². The summed E-state index contributed by atoms with van der Waals surface area (Å²) in [5.74, 6) is 0.437. The minimum absolute atomic E-state index is 0.0741. The van der Waals surface area contributed by atoms with Crippen LogP contribution in [0.15, 0.2) is 72.8 Å². The van der Waals surface area contributed by atoms with Crippen LogP contribution in [0.3, 0.4) is 0 Å². The zero-order valence-electron chi connectivity index (χ0n) is 12.3. The molecule has 1 spiro atoms. The van der Waals surface area contributed by atoms with Crippen LogP contribution in [-0.4, -0.2) is 12.1 Å². The van der Waals surface area contributed by atoms with Crippen molar-refractivity contribution in [2.75, 3.05) is 0 Å².